The number of carboxylic acid groups (broad SMARTS) is 1. The minimum Gasteiger partial charge on any atom is -0.493 e. The van der Waals surface area contributed by atoms with Crippen LogP contribution in [0.5, 0.6) is 11.5 Å². The van der Waals surface area contributed by atoms with Gasteiger partial charge in [-0.1, -0.05) is 30.3 Å². The van der Waals surface area contributed by atoms with E-state index in [1.54, 1.807) is 23.9 Å². The number of carboxylic acids is 1. The van der Waals surface area contributed by atoms with Crippen molar-refractivity contribution in [2.75, 3.05) is 13.7 Å². The van der Waals surface area contributed by atoms with E-state index in [1.807, 2.05) is 42.5 Å². The quantitative estimate of drug-likeness (QED) is 0.656. The van der Waals surface area contributed by atoms with E-state index in [9.17, 15) is 9.90 Å². The zero-order chi connectivity index (χ0) is 20.2. The number of hydrogen-bond donors (Lipinski definition) is 1. The Bertz CT molecular complexity index is 994. The van der Waals surface area contributed by atoms with Crippen LogP contribution in [0.15, 0.2) is 54.6 Å². The van der Waals surface area contributed by atoms with Gasteiger partial charge in [-0.05, 0) is 36.2 Å². The summed E-state index contributed by atoms with van der Waals surface area (Å²) in [5, 5.41) is 13.7. The van der Waals surface area contributed by atoms with Crippen LogP contribution in [-0.4, -0.2) is 40.9 Å². The SMILES string of the molecule is COc1ccc(-c2cc(C(=O)O)nn2Cc2ccccc2)cc1O[C@H]1CCCO1. The van der Waals surface area contributed by atoms with Gasteiger partial charge in [0, 0.05) is 12.0 Å². The van der Waals surface area contributed by atoms with Crippen molar-refractivity contribution in [3.8, 4) is 22.8 Å². The van der Waals surface area contributed by atoms with E-state index < -0.39 is 5.97 Å². The molecule has 7 heteroatoms. The standard InChI is InChI=1S/C22H22N2O5/c1-27-19-10-9-16(12-20(19)29-21-8-5-11-28-21)18-13-17(22(25)26)23-24(18)14-15-6-3-2-4-7-15/h2-4,6-7,9-10,12-13,21H,5,8,11,14H2,1H3,(H,25,26)/t21-/m0/s1. The molecule has 2 heterocycles. The topological polar surface area (TPSA) is 82.8 Å². The molecule has 1 aliphatic heterocycles. The van der Waals surface area contributed by atoms with E-state index in [1.165, 1.54) is 0 Å². The number of hydrogen-bond acceptors (Lipinski definition) is 5. The van der Waals surface area contributed by atoms with E-state index in [2.05, 4.69) is 5.10 Å². The molecular weight excluding hydrogens is 372 g/mol. The van der Waals surface area contributed by atoms with Crippen LogP contribution in [0.2, 0.25) is 0 Å². The molecule has 7 nitrogen and oxygen atoms in total. The largest absolute Gasteiger partial charge is 0.493 e. The smallest absolute Gasteiger partial charge is 0.356 e. The Morgan fingerprint density at radius 3 is 2.72 bits per heavy atom. The highest BCUT2D eigenvalue weighted by molar-refractivity contribution is 5.87. The van der Waals surface area contributed by atoms with Gasteiger partial charge < -0.3 is 19.3 Å². The second-order valence-corrected chi connectivity index (χ2v) is 6.79. The molecule has 2 aromatic carbocycles. The fourth-order valence-electron chi connectivity index (χ4n) is 3.34. The summed E-state index contributed by atoms with van der Waals surface area (Å²) < 4.78 is 18.7. The van der Waals surface area contributed by atoms with Crippen molar-refractivity contribution in [1.29, 1.82) is 0 Å². The highest BCUT2D eigenvalue weighted by Crippen LogP contribution is 2.35. The van der Waals surface area contributed by atoms with Crippen LogP contribution in [0, 0.1) is 0 Å². The number of aromatic nitrogens is 2. The molecule has 4 rings (SSSR count). The van der Waals surface area contributed by atoms with Crippen molar-refractivity contribution in [3.05, 3.63) is 65.9 Å². The van der Waals surface area contributed by atoms with Gasteiger partial charge in [0.25, 0.3) is 0 Å². The van der Waals surface area contributed by atoms with Gasteiger partial charge in [0.15, 0.2) is 23.5 Å². The van der Waals surface area contributed by atoms with Crippen molar-refractivity contribution in [1.82, 2.24) is 9.78 Å². The van der Waals surface area contributed by atoms with E-state index in [4.69, 9.17) is 14.2 Å². The van der Waals surface area contributed by atoms with E-state index in [0.29, 0.717) is 30.3 Å². The van der Waals surface area contributed by atoms with E-state index >= 15 is 0 Å². The predicted molar refractivity (Wildman–Crippen MR) is 106 cm³/mol. The van der Waals surface area contributed by atoms with Crippen molar-refractivity contribution in [2.45, 2.75) is 25.7 Å². The maximum absolute atomic E-state index is 11.5. The Labute approximate surface area is 168 Å². The first kappa shape index (κ1) is 19.0. The fourth-order valence-corrected chi connectivity index (χ4v) is 3.34. The van der Waals surface area contributed by atoms with Gasteiger partial charge in [0.1, 0.15) is 0 Å². The number of aromatic carboxylic acids is 1. The first-order chi connectivity index (χ1) is 14.1. The van der Waals surface area contributed by atoms with Gasteiger partial charge >= 0.3 is 5.97 Å². The van der Waals surface area contributed by atoms with Gasteiger partial charge in [0.2, 0.25) is 0 Å². The van der Waals surface area contributed by atoms with Crippen molar-refractivity contribution < 1.29 is 24.1 Å². The highest BCUT2D eigenvalue weighted by Gasteiger charge is 2.21. The lowest BCUT2D eigenvalue weighted by Crippen LogP contribution is -2.14. The third-order valence-corrected chi connectivity index (χ3v) is 4.78. The summed E-state index contributed by atoms with van der Waals surface area (Å²) in [5.41, 5.74) is 2.49. The van der Waals surface area contributed by atoms with Gasteiger partial charge in [-0.3, -0.25) is 4.68 Å². The second-order valence-electron chi connectivity index (χ2n) is 6.79. The van der Waals surface area contributed by atoms with Crippen LogP contribution in [-0.2, 0) is 11.3 Å². The molecule has 1 fully saturated rings. The zero-order valence-corrected chi connectivity index (χ0v) is 16.1. The maximum Gasteiger partial charge on any atom is 0.356 e. The summed E-state index contributed by atoms with van der Waals surface area (Å²) in [4.78, 5) is 11.5. The Hall–Kier alpha value is -3.32. The number of benzene rings is 2. The first-order valence-corrected chi connectivity index (χ1v) is 9.46. The van der Waals surface area contributed by atoms with Crippen LogP contribution in [0.1, 0.15) is 28.9 Å². The Balaban J connectivity index is 1.71. The molecule has 29 heavy (non-hydrogen) atoms. The Kier molecular flexibility index (Phi) is 5.48. The van der Waals surface area contributed by atoms with Gasteiger partial charge in [-0.15, -0.1) is 0 Å². The van der Waals surface area contributed by atoms with E-state index in [-0.39, 0.29) is 12.0 Å². The molecule has 0 unspecified atom stereocenters. The van der Waals surface area contributed by atoms with Crippen LogP contribution in [0.3, 0.4) is 0 Å². The summed E-state index contributed by atoms with van der Waals surface area (Å²) in [5.74, 6) is 0.0838. The maximum atomic E-state index is 11.5. The first-order valence-electron chi connectivity index (χ1n) is 9.46. The molecule has 1 aliphatic rings. The van der Waals surface area contributed by atoms with Crippen molar-refractivity contribution >= 4 is 5.97 Å². The molecular formula is C22H22N2O5. The molecule has 1 N–H and O–H groups in total. The molecule has 1 aromatic heterocycles. The monoisotopic (exact) mass is 394 g/mol. The molecule has 3 aromatic rings. The lowest BCUT2D eigenvalue weighted by atomic mass is 10.1. The third kappa shape index (κ3) is 4.25. The summed E-state index contributed by atoms with van der Waals surface area (Å²) in [6.45, 7) is 1.13. The van der Waals surface area contributed by atoms with Crippen LogP contribution < -0.4 is 9.47 Å². The molecule has 0 amide bonds. The van der Waals surface area contributed by atoms with Gasteiger partial charge in [-0.2, -0.15) is 5.10 Å². The third-order valence-electron chi connectivity index (χ3n) is 4.78. The second kappa shape index (κ2) is 8.36. The lowest BCUT2D eigenvalue weighted by molar-refractivity contribution is -0.0402. The summed E-state index contributed by atoms with van der Waals surface area (Å²) >= 11 is 0. The zero-order valence-electron chi connectivity index (χ0n) is 16.1. The summed E-state index contributed by atoms with van der Waals surface area (Å²) in [7, 11) is 1.58. The average Bonchev–Trinajstić information content (AvgIpc) is 3.39. The number of nitrogens with zero attached hydrogens (tertiary/aromatic N) is 2. The van der Waals surface area contributed by atoms with Crippen LogP contribution in [0.25, 0.3) is 11.3 Å². The molecule has 0 aliphatic carbocycles. The normalized spacial score (nSPS) is 16.0. The van der Waals surface area contributed by atoms with Crippen LogP contribution >= 0.6 is 0 Å². The molecule has 1 saturated heterocycles. The highest BCUT2D eigenvalue weighted by atomic mass is 16.7. The number of rotatable bonds is 7. The molecule has 0 bridgehead atoms. The minimum atomic E-state index is -1.07. The lowest BCUT2D eigenvalue weighted by Gasteiger charge is -2.17. The summed E-state index contributed by atoms with van der Waals surface area (Å²) in [6, 6.07) is 16.9. The molecule has 150 valence electrons. The minimum absolute atomic E-state index is 0.00616. The van der Waals surface area contributed by atoms with Crippen LogP contribution in [0.4, 0.5) is 0 Å². The van der Waals surface area contributed by atoms with E-state index in [0.717, 1.165) is 24.0 Å². The van der Waals surface area contributed by atoms with Crippen molar-refractivity contribution in [2.24, 2.45) is 0 Å². The molecule has 0 radical (unpaired) electrons. The number of methoxy groups -OCH3 is 1. The fraction of sp³-hybridized carbons (Fsp3) is 0.273. The Morgan fingerprint density at radius 1 is 1.21 bits per heavy atom. The number of ether oxygens (including phenoxy) is 3. The van der Waals surface area contributed by atoms with Crippen molar-refractivity contribution in [3.63, 3.8) is 0 Å². The molecule has 0 spiro atoms. The van der Waals surface area contributed by atoms with Gasteiger partial charge in [0.05, 0.1) is 26.0 Å². The predicted octanol–water partition coefficient (Wildman–Crippen LogP) is 3.82. The summed E-state index contributed by atoms with van der Waals surface area (Å²) in [6.07, 6.45) is 1.48. The Morgan fingerprint density at radius 2 is 2.03 bits per heavy atom. The molecule has 0 saturated carbocycles. The van der Waals surface area contributed by atoms with Gasteiger partial charge in [-0.25, -0.2) is 4.79 Å². The molecule has 1 atom stereocenters. The number of carbonyl (C=O) groups is 1. The average molecular weight is 394 g/mol.